The highest BCUT2D eigenvalue weighted by atomic mass is 35.5. The van der Waals surface area contributed by atoms with Crippen LogP contribution in [0.3, 0.4) is 0 Å². The van der Waals surface area contributed by atoms with Crippen molar-refractivity contribution in [3.8, 4) is 0 Å². The largest absolute Gasteiger partial charge is 0.357 e. The molecule has 1 heterocycles. The van der Waals surface area contributed by atoms with Crippen molar-refractivity contribution < 1.29 is 9.59 Å². The Bertz CT molecular complexity index is 1320. The highest BCUT2D eigenvalue weighted by Gasteiger charge is 2.41. The van der Waals surface area contributed by atoms with Gasteiger partial charge in [0.15, 0.2) is 5.78 Å². The van der Waals surface area contributed by atoms with Crippen LogP contribution >= 0.6 is 11.6 Å². The van der Waals surface area contributed by atoms with Gasteiger partial charge in [-0.05, 0) is 41.7 Å². The molecule has 1 aliphatic carbocycles. The first-order valence-electron chi connectivity index (χ1n) is 11.8. The third-order valence-electron chi connectivity index (χ3n) is 6.58. The monoisotopic (exact) mass is 485 g/mol. The first-order chi connectivity index (χ1) is 16.8. The van der Waals surface area contributed by atoms with Crippen LogP contribution in [0, 0.1) is 5.41 Å². The molecule has 0 saturated heterocycles. The molecule has 5 nitrogen and oxygen atoms in total. The number of Topliss-reactive ketones (excluding diaryl/α,β-unsaturated/α-hetero) is 1. The van der Waals surface area contributed by atoms with E-state index in [4.69, 9.17) is 11.6 Å². The van der Waals surface area contributed by atoms with E-state index < -0.39 is 6.04 Å². The highest BCUT2D eigenvalue weighted by molar-refractivity contribution is 6.33. The van der Waals surface area contributed by atoms with Gasteiger partial charge in [-0.2, -0.15) is 0 Å². The molecule has 1 atom stereocenters. The minimum Gasteiger partial charge on any atom is -0.357 e. The molecule has 2 N–H and O–H groups in total. The number of carbonyl (C=O) groups excluding carboxylic acids is 2. The number of allylic oxidation sites excluding steroid dienone is 1. The van der Waals surface area contributed by atoms with Gasteiger partial charge in [-0.1, -0.05) is 80.0 Å². The Kier molecular flexibility index (Phi) is 6.12. The van der Waals surface area contributed by atoms with Gasteiger partial charge in [-0.15, -0.1) is 0 Å². The fraction of sp³-hybridized carbons (Fsp3) is 0.241. The van der Waals surface area contributed by atoms with Crippen LogP contribution in [-0.2, 0) is 9.59 Å². The zero-order chi connectivity index (χ0) is 24.6. The molecule has 0 radical (unpaired) electrons. The third kappa shape index (κ3) is 4.69. The van der Waals surface area contributed by atoms with E-state index in [1.165, 1.54) is 0 Å². The van der Waals surface area contributed by atoms with Crippen LogP contribution in [0.4, 0.5) is 17.1 Å². The Morgan fingerprint density at radius 3 is 2.46 bits per heavy atom. The Balaban J connectivity index is 1.63. The average Bonchev–Trinajstić information content (AvgIpc) is 2.95. The van der Waals surface area contributed by atoms with E-state index in [0.29, 0.717) is 17.1 Å². The SMILES string of the molecule is CC1(C)CC(=O)C2=C(C1)Nc1ccccc1N(CC(=O)Nc1ccccc1Cl)[C@@H]2c1ccccc1. The Hall–Kier alpha value is -3.57. The van der Waals surface area contributed by atoms with Gasteiger partial charge in [0.1, 0.15) is 0 Å². The van der Waals surface area contributed by atoms with E-state index in [0.717, 1.165) is 34.6 Å². The number of hydrogen-bond acceptors (Lipinski definition) is 4. The van der Waals surface area contributed by atoms with E-state index in [2.05, 4.69) is 24.5 Å². The second-order valence-corrected chi connectivity index (χ2v) is 10.4. The predicted octanol–water partition coefficient (Wildman–Crippen LogP) is 6.60. The van der Waals surface area contributed by atoms with Crippen LogP contribution < -0.4 is 15.5 Å². The number of carbonyl (C=O) groups is 2. The number of ketones is 1. The quantitative estimate of drug-likeness (QED) is 0.437. The zero-order valence-electron chi connectivity index (χ0n) is 19.8. The molecule has 5 rings (SSSR count). The first kappa shape index (κ1) is 23.2. The second kappa shape index (κ2) is 9.23. The number of hydrogen-bond donors (Lipinski definition) is 2. The summed E-state index contributed by atoms with van der Waals surface area (Å²) in [5.41, 5.74) is 4.81. The van der Waals surface area contributed by atoms with Gasteiger partial charge in [0, 0.05) is 17.7 Å². The van der Waals surface area contributed by atoms with Crippen molar-refractivity contribution >= 4 is 40.4 Å². The Morgan fingerprint density at radius 1 is 1.00 bits per heavy atom. The number of nitrogens with zero attached hydrogens (tertiary/aromatic N) is 1. The number of halogens is 1. The van der Waals surface area contributed by atoms with Crippen molar-refractivity contribution in [3.63, 3.8) is 0 Å². The maximum Gasteiger partial charge on any atom is 0.243 e. The molecule has 178 valence electrons. The van der Waals surface area contributed by atoms with Gasteiger partial charge in [-0.3, -0.25) is 9.59 Å². The lowest BCUT2D eigenvalue weighted by atomic mass is 9.73. The fourth-order valence-corrected chi connectivity index (χ4v) is 5.30. The number of para-hydroxylation sites is 3. The van der Waals surface area contributed by atoms with Crippen LogP contribution in [0.15, 0.2) is 90.1 Å². The molecule has 1 amide bonds. The van der Waals surface area contributed by atoms with Crippen molar-refractivity contribution in [1.29, 1.82) is 0 Å². The minimum atomic E-state index is -0.400. The van der Waals surface area contributed by atoms with Crippen LogP contribution in [-0.4, -0.2) is 18.2 Å². The van der Waals surface area contributed by atoms with Crippen molar-refractivity contribution in [2.24, 2.45) is 5.41 Å². The standard InChI is InChI=1S/C29H28ClN3O2/c1-29(2)16-23-27(25(34)17-29)28(19-10-4-3-5-11-19)33(24-15-9-8-14-22(24)31-23)18-26(35)32-21-13-7-6-12-20(21)30/h3-15,28,31H,16-18H2,1-2H3,(H,32,35)/t28-/m1/s1. The number of fused-ring (bicyclic) bond motifs is 1. The summed E-state index contributed by atoms with van der Waals surface area (Å²) in [6.45, 7) is 4.30. The minimum absolute atomic E-state index is 0.0525. The normalized spacial score (nSPS) is 18.8. The van der Waals surface area contributed by atoms with Gasteiger partial charge in [0.2, 0.25) is 5.91 Å². The van der Waals surface area contributed by atoms with Gasteiger partial charge in [0.05, 0.1) is 34.7 Å². The molecule has 1 aliphatic heterocycles. The molecule has 6 heteroatoms. The lowest BCUT2D eigenvalue weighted by molar-refractivity contribution is -0.119. The lowest BCUT2D eigenvalue weighted by Crippen LogP contribution is -2.40. The first-order valence-corrected chi connectivity index (χ1v) is 12.2. The van der Waals surface area contributed by atoms with Crippen molar-refractivity contribution in [2.45, 2.75) is 32.7 Å². The van der Waals surface area contributed by atoms with Crippen LogP contribution in [0.2, 0.25) is 5.02 Å². The summed E-state index contributed by atoms with van der Waals surface area (Å²) in [4.78, 5) is 29.0. The molecule has 0 fully saturated rings. The molecule has 35 heavy (non-hydrogen) atoms. The van der Waals surface area contributed by atoms with E-state index in [-0.39, 0.29) is 23.7 Å². The highest BCUT2D eigenvalue weighted by Crippen LogP contribution is 2.48. The summed E-state index contributed by atoms with van der Waals surface area (Å²) in [7, 11) is 0. The van der Waals surface area contributed by atoms with Crippen LogP contribution in [0.5, 0.6) is 0 Å². The Morgan fingerprint density at radius 2 is 1.69 bits per heavy atom. The number of nitrogens with one attached hydrogen (secondary N) is 2. The number of benzene rings is 3. The molecule has 0 saturated carbocycles. The third-order valence-corrected chi connectivity index (χ3v) is 6.91. The van der Waals surface area contributed by atoms with E-state index in [1.807, 2.05) is 71.6 Å². The van der Waals surface area contributed by atoms with Crippen LogP contribution in [0.25, 0.3) is 0 Å². The maximum absolute atomic E-state index is 13.7. The summed E-state index contributed by atoms with van der Waals surface area (Å²) in [5.74, 6) is -0.0941. The smallest absolute Gasteiger partial charge is 0.243 e. The van der Waals surface area contributed by atoms with Gasteiger partial charge >= 0.3 is 0 Å². The Labute approximate surface area is 210 Å². The molecule has 0 aromatic heterocycles. The molecule has 0 bridgehead atoms. The van der Waals surface area contributed by atoms with Gasteiger partial charge in [0.25, 0.3) is 0 Å². The summed E-state index contributed by atoms with van der Waals surface area (Å²) < 4.78 is 0. The molecule has 3 aromatic carbocycles. The number of rotatable bonds is 4. The summed E-state index contributed by atoms with van der Waals surface area (Å²) in [6.07, 6.45) is 1.22. The number of anilines is 3. The molecule has 2 aliphatic rings. The molecular weight excluding hydrogens is 458 g/mol. The molecule has 0 unspecified atom stereocenters. The zero-order valence-corrected chi connectivity index (χ0v) is 20.6. The topological polar surface area (TPSA) is 61.4 Å². The molecule has 3 aromatic rings. The summed E-state index contributed by atoms with van der Waals surface area (Å²) >= 11 is 6.29. The molecular formula is C29H28ClN3O2. The summed E-state index contributed by atoms with van der Waals surface area (Å²) in [5, 5.41) is 7.00. The maximum atomic E-state index is 13.7. The van der Waals surface area contributed by atoms with Gasteiger partial charge < -0.3 is 15.5 Å². The fourth-order valence-electron chi connectivity index (χ4n) is 5.12. The van der Waals surface area contributed by atoms with E-state index >= 15 is 0 Å². The van der Waals surface area contributed by atoms with Gasteiger partial charge in [-0.25, -0.2) is 0 Å². The lowest BCUT2D eigenvalue weighted by Gasteiger charge is -2.37. The number of amides is 1. The summed E-state index contributed by atoms with van der Waals surface area (Å²) in [6, 6.07) is 24.6. The second-order valence-electron chi connectivity index (χ2n) is 9.94. The van der Waals surface area contributed by atoms with E-state index in [1.54, 1.807) is 12.1 Å². The predicted molar refractivity (Wildman–Crippen MR) is 142 cm³/mol. The van der Waals surface area contributed by atoms with Crippen molar-refractivity contribution in [2.75, 3.05) is 22.1 Å². The van der Waals surface area contributed by atoms with Crippen molar-refractivity contribution in [3.05, 3.63) is 101 Å². The molecule has 0 spiro atoms. The van der Waals surface area contributed by atoms with Crippen LogP contribution in [0.1, 0.15) is 38.3 Å². The van der Waals surface area contributed by atoms with E-state index in [9.17, 15) is 9.59 Å². The average molecular weight is 486 g/mol. The van der Waals surface area contributed by atoms with Crippen molar-refractivity contribution in [1.82, 2.24) is 0 Å².